The highest BCUT2D eigenvalue weighted by Crippen LogP contribution is 2.29. The van der Waals surface area contributed by atoms with Crippen LogP contribution in [0.1, 0.15) is 44.1 Å². The zero-order chi connectivity index (χ0) is 13.0. The molecule has 0 spiro atoms. The first-order valence-corrected chi connectivity index (χ1v) is 7.16. The van der Waals surface area contributed by atoms with Crippen LogP contribution in [0.3, 0.4) is 0 Å². The number of rotatable bonds is 4. The molecule has 0 heterocycles. The van der Waals surface area contributed by atoms with Crippen molar-refractivity contribution in [3.8, 4) is 0 Å². The lowest BCUT2D eigenvalue weighted by molar-refractivity contribution is 0.280. The molecule has 0 bridgehead atoms. The standard InChI is InChI=1S/C16H26N2/c1-14-6-8-15(9-7-14)18(2)13-12-16(17)10-4-3-5-11-16/h6-9H,3-5,10-13,17H2,1-2H3. The molecule has 100 valence electrons. The van der Waals surface area contributed by atoms with E-state index < -0.39 is 0 Å². The van der Waals surface area contributed by atoms with E-state index in [0.29, 0.717) is 0 Å². The van der Waals surface area contributed by atoms with Crippen molar-refractivity contribution in [2.75, 3.05) is 18.5 Å². The fourth-order valence-corrected chi connectivity index (χ4v) is 2.82. The molecule has 0 unspecified atom stereocenters. The fourth-order valence-electron chi connectivity index (χ4n) is 2.82. The molecule has 0 amide bonds. The number of hydrogen-bond acceptors (Lipinski definition) is 2. The largest absolute Gasteiger partial charge is 0.375 e. The highest BCUT2D eigenvalue weighted by Gasteiger charge is 2.27. The number of nitrogens with two attached hydrogens (primary N) is 1. The summed E-state index contributed by atoms with van der Waals surface area (Å²) in [7, 11) is 2.16. The van der Waals surface area contributed by atoms with Crippen LogP contribution < -0.4 is 10.6 Å². The number of benzene rings is 1. The van der Waals surface area contributed by atoms with Crippen LogP contribution in [0.25, 0.3) is 0 Å². The van der Waals surface area contributed by atoms with Crippen molar-refractivity contribution in [2.45, 2.75) is 51.0 Å². The van der Waals surface area contributed by atoms with E-state index in [1.807, 2.05) is 0 Å². The summed E-state index contributed by atoms with van der Waals surface area (Å²) < 4.78 is 0. The second kappa shape index (κ2) is 5.75. The summed E-state index contributed by atoms with van der Waals surface area (Å²) in [5.74, 6) is 0. The van der Waals surface area contributed by atoms with Gasteiger partial charge in [0.25, 0.3) is 0 Å². The Hall–Kier alpha value is -1.02. The maximum atomic E-state index is 6.48. The van der Waals surface area contributed by atoms with E-state index in [2.05, 4.69) is 43.1 Å². The van der Waals surface area contributed by atoms with Crippen LogP contribution in [0.2, 0.25) is 0 Å². The van der Waals surface area contributed by atoms with Gasteiger partial charge in [0.15, 0.2) is 0 Å². The fraction of sp³-hybridized carbons (Fsp3) is 0.625. The van der Waals surface area contributed by atoms with Gasteiger partial charge in [0.2, 0.25) is 0 Å². The van der Waals surface area contributed by atoms with Crippen molar-refractivity contribution in [1.82, 2.24) is 0 Å². The lowest BCUT2D eigenvalue weighted by atomic mass is 9.80. The lowest BCUT2D eigenvalue weighted by Crippen LogP contribution is -2.44. The summed E-state index contributed by atoms with van der Waals surface area (Å²) in [6.45, 7) is 3.18. The summed E-state index contributed by atoms with van der Waals surface area (Å²) in [4.78, 5) is 2.32. The number of nitrogens with zero attached hydrogens (tertiary/aromatic N) is 1. The first-order chi connectivity index (χ1) is 8.59. The molecule has 2 nitrogen and oxygen atoms in total. The van der Waals surface area contributed by atoms with Crippen molar-refractivity contribution in [3.63, 3.8) is 0 Å². The molecule has 2 N–H and O–H groups in total. The van der Waals surface area contributed by atoms with E-state index in [0.717, 1.165) is 13.0 Å². The zero-order valence-electron chi connectivity index (χ0n) is 11.8. The smallest absolute Gasteiger partial charge is 0.0363 e. The van der Waals surface area contributed by atoms with Gasteiger partial charge in [0.1, 0.15) is 0 Å². The molecule has 1 aromatic rings. The van der Waals surface area contributed by atoms with Gasteiger partial charge in [-0.15, -0.1) is 0 Å². The molecule has 1 fully saturated rings. The van der Waals surface area contributed by atoms with Gasteiger partial charge in [-0.2, -0.15) is 0 Å². The van der Waals surface area contributed by atoms with Crippen molar-refractivity contribution in [2.24, 2.45) is 5.73 Å². The van der Waals surface area contributed by atoms with Crippen LogP contribution in [-0.2, 0) is 0 Å². The van der Waals surface area contributed by atoms with Gasteiger partial charge in [-0.05, 0) is 38.3 Å². The molecule has 1 saturated carbocycles. The van der Waals surface area contributed by atoms with E-state index in [9.17, 15) is 0 Å². The van der Waals surface area contributed by atoms with E-state index in [-0.39, 0.29) is 5.54 Å². The Balaban J connectivity index is 1.87. The van der Waals surface area contributed by atoms with Crippen molar-refractivity contribution < 1.29 is 0 Å². The van der Waals surface area contributed by atoms with E-state index in [1.165, 1.54) is 43.4 Å². The van der Waals surface area contributed by atoms with Crippen molar-refractivity contribution >= 4 is 5.69 Å². The van der Waals surface area contributed by atoms with E-state index >= 15 is 0 Å². The molecule has 2 heteroatoms. The minimum absolute atomic E-state index is 0.0945. The normalized spacial score (nSPS) is 18.6. The lowest BCUT2D eigenvalue weighted by Gasteiger charge is -2.35. The van der Waals surface area contributed by atoms with Crippen LogP contribution in [-0.4, -0.2) is 19.1 Å². The Morgan fingerprint density at radius 2 is 1.72 bits per heavy atom. The SMILES string of the molecule is Cc1ccc(N(C)CCC2(N)CCCCC2)cc1. The molecule has 0 aliphatic heterocycles. The van der Waals surface area contributed by atoms with Gasteiger partial charge in [0, 0.05) is 24.8 Å². The highest BCUT2D eigenvalue weighted by molar-refractivity contribution is 5.46. The van der Waals surface area contributed by atoms with Crippen LogP contribution in [0.4, 0.5) is 5.69 Å². The molecule has 1 aromatic carbocycles. The van der Waals surface area contributed by atoms with Gasteiger partial charge in [0.05, 0.1) is 0 Å². The average Bonchev–Trinajstić information content (AvgIpc) is 2.38. The Morgan fingerprint density at radius 3 is 2.33 bits per heavy atom. The number of hydrogen-bond donors (Lipinski definition) is 1. The molecular weight excluding hydrogens is 220 g/mol. The molecule has 0 aromatic heterocycles. The monoisotopic (exact) mass is 246 g/mol. The number of anilines is 1. The summed E-state index contributed by atoms with van der Waals surface area (Å²) in [6.07, 6.45) is 7.50. The second-order valence-electron chi connectivity index (χ2n) is 5.93. The highest BCUT2D eigenvalue weighted by atomic mass is 15.1. The van der Waals surface area contributed by atoms with Crippen molar-refractivity contribution in [1.29, 1.82) is 0 Å². The molecule has 1 aliphatic rings. The molecule has 1 aliphatic carbocycles. The Bertz CT molecular complexity index is 363. The minimum atomic E-state index is 0.0945. The van der Waals surface area contributed by atoms with Crippen molar-refractivity contribution in [3.05, 3.63) is 29.8 Å². The average molecular weight is 246 g/mol. The van der Waals surface area contributed by atoms with Gasteiger partial charge in [-0.25, -0.2) is 0 Å². The third-order valence-electron chi connectivity index (χ3n) is 4.27. The van der Waals surface area contributed by atoms with Gasteiger partial charge in [-0.1, -0.05) is 37.0 Å². The summed E-state index contributed by atoms with van der Waals surface area (Å²) in [6, 6.07) is 8.73. The predicted molar refractivity (Wildman–Crippen MR) is 79.1 cm³/mol. The third-order valence-corrected chi connectivity index (χ3v) is 4.27. The maximum Gasteiger partial charge on any atom is 0.0363 e. The molecular formula is C16H26N2. The van der Waals surface area contributed by atoms with Crippen LogP contribution >= 0.6 is 0 Å². The topological polar surface area (TPSA) is 29.3 Å². The van der Waals surface area contributed by atoms with E-state index in [1.54, 1.807) is 0 Å². The van der Waals surface area contributed by atoms with Crippen LogP contribution in [0, 0.1) is 6.92 Å². The Morgan fingerprint density at radius 1 is 1.11 bits per heavy atom. The van der Waals surface area contributed by atoms with Gasteiger partial charge in [-0.3, -0.25) is 0 Å². The molecule has 0 saturated heterocycles. The minimum Gasteiger partial charge on any atom is -0.375 e. The quantitative estimate of drug-likeness (QED) is 0.881. The number of aryl methyl sites for hydroxylation is 1. The Labute approximate surface area is 111 Å². The van der Waals surface area contributed by atoms with Gasteiger partial charge >= 0.3 is 0 Å². The Kier molecular flexibility index (Phi) is 4.28. The van der Waals surface area contributed by atoms with Gasteiger partial charge < -0.3 is 10.6 Å². The first kappa shape index (κ1) is 13.4. The molecule has 0 atom stereocenters. The summed E-state index contributed by atoms with van der Waals surface area (Å²) >= 11 is 0. The van der Waals surface area contributed by atoms with Crippen LogP contribution in [0.5, 0.6) is 0 Å². The third kappa shape index (κ3) is 3.49. The molecule has 18 heavy (non-hydrogen) atoms. The molecule has 0 radical (unpaired) electrons. The second-order valence-corrected chi connectivity index (χ2v) is 5.93. The van der Waals surface area contributed by atoms with Crippen LogP contribution in [0.15, 0.2) is 24.3 Å². The van der Waals surface area contributed by atoms with E-state index in [4.69, 9.17) is 5.73 Å². The zero-order valence-corrected chi connectivity index (χ0v) is 11.8. The summed E-state index contributed by atoms with van der Waals surface area (Å²) in [5, 5.41) is 0. The molecule has 2 rings (SSSR count). The first-order valence-electron chi connectivity index (χ1n) is 7.16. The summed E-state index contributed by atoms with van der Waals surface area (Å²) in [5.41, 5.74) is 9.18. The maximum absolute atomic E-state index is 6.48. The predicted octanol–water partition coefficient (Wildman–Crippen LogP) is 3.48.